The largest absolute Gasteiger partial charge is 0.328 e. The van der Waals surface area contributed by atoms with Gasteiger partial charge in [0.15, 0.2) is 0 Å². The fourth-order valence-corrected chi connectivity index (χ4v) is 1.92. The zero-order valence-corrected chi connectivity index (χ0v) is 9.90. The summed E-state index contributed by atoms with van der Waals surface area (Å²) in [7, 11) is 0. The van der Waals surface area contributed by atoms with Crippen LogP contribution in [0.15, 0.2) is 79.3 Å². The van der Waals surface area contributed by atoms with Crippen LogP contribution in [0.2, 0.25) is 0 Å². The molecule has 0 radical (unpaired) electrons. The molecule has 3 rings (SSSR count). The second kappa shape index (κ2) is 4.80. The molecule has 0 saturated carbocycles. The Kier molecular flexibility index (Phi) is 2.84. The molecule has 0 aliphatic heterocycles. The van der Waals surface area contributed by atoms with Crippen molar-refractivity contribution in [3.63, 3.8) is 0 Å². The molecule has 1 aromatic carbocycles. The number of hydrogen-bond donors (Lipinski definition) is 0. The molecule has 0 N–H and O–H groups in total. The van der Waals surface area contributed by atoms with Crippen LogP contribution in [0, 0.1) is 0 Å². The molecule has 18 heavy (non-hydrogen) atoms. The summed E-state index contributed by atoms with van der Waals surface area (Å²) < 4.78 is 2.01. The Hall–Kier alpha value is -2.48. The van der Waals surface area contributed by atoms with E-state index >= 15 is 0 Å². The molecule has 0 amide bonds. The third-order valence-electron chi connectivity index (χ3n) is 2.83. The minimum atomic E-state index is 0.928. The van der Waals surface area contributed by atoms with Gasteiger partial charge in [0.2, 0.25) is 0 Å². The van der Waals surface area contributed by atoms with E-state index in [0.717, 1.165) is 5.82 Å². The molecule has 2 heteroatoms. The molecule has 0 fully saturated rings. The highest BCUT2D eigenvalue weighted by Gasteiger charge is 2.08. The van der Waals surface area contributed by atoms with Crippen molar-refractivity contribution in [3.8, 4) is 16.9 Å². The Morgan fingerprint density at radius 2 is 1.44 bits per heavy atom. The van der Waals surface area contributed by atoms with Crippen LogP contribution < -0.4 is 4.57 Å². The van der Waals surface area contributed by atoms with Crippen molar-refractivity contribution in [1.82, 2.24) is 4.98 Å². The maximum atomic E-state index is 4.40. The molecular formula is C16H13N2+. The van der Waals surface area contributed by atoms with Crippen molar-refractivity contribution >= 4 is 0 Å². The normalized spacial score (nSPS) is 10.2. The molecule has 0 unspecified atom stereocenters. The van der Waals surface area contributed by atoms with Gasteiger partial charge < -0.3 is 0 Å². The average Bonchev–Trinajstić information content (AvgIpc) is 2.49. The van der Waals surface area contributed by atoms with Gasteiger partial charge in [-0.3, -0.25) is 0 Å². The maximum Gasteiger partial charge on any atom is 0.328 e. The van der Waals surface area contributed by atoms with E-state index < -0.39 is 0 Å². The Morgan fingerprint density at radius 3 is 2.22 bits per heavy atom. The molecule has 2 heterocycles. The fraction of sp³-hybridized carbons (Fsp3) is 0. The van der Waals surface area contributed by atoms with Crippen LogP contribution in [-0.4, -0.2) is 4.98 Å². The first kappa shape index (κ1) is 10.7. The van der Waals surface area contributed by atoms with Crippen LogP contribution in [0.3, 0.4) is 0 Å². The lowest BCUT2D eigenvalue weighted by Crippen LogP contribution is -2.30. The molecule has 0 atom stereocenters. The Balaban J connectivity index is 2.05. The first-order valence-corrected chi connectivity index (χ1v) is 5.92. The standard InChI is InChI=1S/C16H13N2/c1-3-7-14(8-4-1)15-9-10-17-16(13-15)18-11-5-2-6-12-18/h1-13H/q+1. The minimum absolute atomic E-state index is 0.928. The number of hydrogen-bond acceptors (Lipinski definition) is 1. The van der Waals surface area contributed by atoms with Crippen LogP contribution in [0.1, 0.15) is 0 Å². The second-order valence-electron chi connectivity index (χ2n) is 4.05. The molecular weight excluding hydrogens is 220 g/mol. The van der Waals surface area contributed by atoms with E-state index in [0.29, 0.717) is 0 Å². The molecule has 0 aliphatic rings. The van der Waals surface area contributed by atoms with Crippen molar-refractivity contribution in [3.05, 3.63) is 79.3 Å². The maximum absolute atomic E-state index is 4.40. The Bertz CT molecular complexity index is 579. The molecule has 0 bridgehead atoms. The zero-order chi connectivity index (χ0) is 12.2. The van der Waals surface area contributed by atoms with Crippen LogP contribution in [0.25, 0.3) is 16.9 Å². The SMILES string of the molecule is c1ccc(-c2ccnc(-[n+]3ccccc3)c2)cc1. The molecule has 2 nitrogen and oxygen atoms in total. The van der Waals surface area contributed by atoms with Gasteiger partial charge in [0, 0.05) is 6.07 Å². The topological polar surface area (TPSA) is 16.8 Å². The highest BCUT2D eigenvalue weighted by Crippen LogP contribution is 2.18. The van der Waals surface area contributed by atoms with Crippen LogP contribution in [0.5, 0.6) is 0 Å². The summed E-state index contributed by atoms with van der Waals surface area (Å²) in [6.45, 7) is 0. The highest BCUT2D eigenvalue weighted by molar-refractivity contribution is 5.63. The summed E-state index contributed by atoms with van der Waals surface area (Å²) in [6, 6.07) is 20.4. The summed E-state index contributed by atoms with van der Waals surface area (Å²) >= 11 is 0. The third-order valence-corrected chi connectivity index (χ3v) is 2.83. The monoisotopic (exact) mass is 233 g/mol. The fourth-order valence-electron chi connectivity index (χ4n) is 1.92. The van der Waals surface area contributed by atoms with Gasteiger partial charge in [0.05, 0.1) is 12.4 Å². The van der Waals surface area contributed by atoms with Crippen molar-refractivity contribution in [2.75, 3.05) is 0 Å². The predicted molar refractivity (Wildman–Crippen MR) is 71.2 cm³/mol. The van der Waals surface area contributed by atoms with E-state index in [1.165, 1.54) is 11.1 Å². The molecule has 0 saturated heterocycles. The molecule has 2 aromatic heterocycles. The van der Waals surface area contributed by atoms with E-state index in [2.05, 4.69) is 23.2 Å². The lowest BCUT2D eigenvalue weighted by Gasteiger charge is -2.00. The van der Waals surface area contributed by atoms with Gasteiger partial charge in [0.1, 0.15) is 6.20 Å². The van der Waals surface area contributed by atoms with Crippen LogP contribution in [0.4, 0.5) is 0 Å². The van der Waals surface area contributed by atoms with E-state index in [4.69, 9.17) is 0 Å². The van der Waals surface area contributed by atoms with Crippen molar-refractivity contribution in [1.29, 1.82) is 0 Å². The van der Waals surface area contributed by atoms with Gasteiger partial charge in [-0.2, -0.15) is 0 Å². The Labute approximate surface area is 106 Å². The lowest BCUT2D eigenvalue weighted by molar-refractivity contribution is -0.599. The number of rotatable bonds is 2. The van der Waals surface area contributed by atoms with Crippen molar-refractivity contribution < 1.29 is 4.57 Å². The number of pyridine rings is 2. The third kappa shape index (κ3) is 2.13. The summed E-state index contributed by atoms with van der Waals surface area (Å²) in [5, 5.41) is 0. The molecule has 86 valence electrons. The van der Waals surface area contributed by atoms with E-state index in [9.17, 15) is 0 Å². The number of benzene rings is 1. The molecule has 0 aliphatic carbocycles. The van der Waals surface area contributed by atoms with E-state index in [1.807, 2.05) is 65.6 Å². The van der Waals surface area contributed by atoms with Gasteiger partial charge in [0.25, 0.3) is 0 Å². The van der Waals surface area contributed by atoms with Crippen LogP contribution >= 0.6 is 0 Å². The average molecular weight is 233 g/mol. The van der Waals surface area contributed by atoms with Gasteiger partial charge in [-0.1, -0.05) is 36.4 Å². The molecule has 3 aromatic rings. The highest BCUT2D eigenvalue weighted by atomic mass is 15.0. The predicted octanol–water partition coefficient (Wildman–Crippen LogP) is 3.03. The summed E-state index contributed by atoms with van der Waals surface area (Å²) in [6.07, 6.45) is 5.84. The quantitative estimate of drug-likeness (QED) is 0.622. The minimum Gasteiger partial charge on any atom is -0.203 e. The zero-order valence-electron chi connectivity index (χ0n) is 9.90. The van der Waals surface area contributed by atoms with E-state index in [1.54, 1.807) is 0 Å². The number of nitrogens with zero attached hydrogens (tertiary/aromatic N) is 2. The van der Waals surface area contributed by atoms with Gasteiger partial charge in [-0.25, -0.2) is 4.57 Å². The second-order valence-corrected chi connectivity index (χ2v) is 4.05. The summed E-state index contributed by atoms with van der Waals surface area (Å²) in [4.78, 5) is 4.40. The van der Waals surface area contributed by atoms with Gasteiger partial charge >= 0.3 is 5.82 Å². The summed E-state index contributed by atoms with van der Waals surface area (Å²) in [5.74, 6) is 0.928. The Morgan fingerprint density at radius 1 is 0.722 bits per heavy atom. The molecule has 0 spiro atoms. The van der Waals surface area contributed by atoms with E-state index in [-0.39, 0.29) is 0 Å². The van der Waals surface area contributed by atoms with Gasteiger partial charge in [-0.15, -0.1) is 0 Å². The van der Waals surface area contributed by atoms with Crippen molar-refractivity contribution in [2.24, 2.45) is 0 Å². The van der Waals surface area contributed by atoms with Gasteiger partial charge in [-0.05, 0) is 34.3 Å². The lowest BCUT2D eigenvalue weighted by atomic mass is 10.1. The summed E-state index contributed by atoms with van der Waals surface area (Å²) in [5.41, 5.74) is 2.38. The van der Waals surface area contributed by atoms with Crippen molar-refractivity contribution in [2.45, 2.75) is 0 Å². The first-order valence-electron chi connectivity index (χ1n) is 5.92. The smallest absolute Gasteiger partial charge is 0.203 e. The first-order chi connectivity index (χ1) is 8.93. The number of aromatic nitrogens is 2. The van der Waals surface area contributed by atoms with Crippen LogP contribution in [-0.2, 0) is 0 Å².